The van der Waals surface area contributed by atoms with Crippen molar-refractivity contribution < 1.29 is 4.74 Å². The number of hydrogen-bond donors (Lipinski definition) is 1. The Morgan fingerprint density at radius 1 is 1.37 bits per heavy atom. The maximum absolute atomic E-state index is 5.25. The number of methoxy groups -OCH3 is 1. The minimum absolute atomic E-state index is 0.238. The molecule has 0 spiro atoms. The normalized spacial score (nSPS) is 12.2. The molecule has 1 atom stereocenters. The monoisotopic (exact) mass is 257 g/mol. The summed E-state index contributed by atoms with van der Waals surface area (Å²) in [6, 6.07) is 8.13. The lowest BCUT2D eigenvalue weighted by atomic mass is 10.1. The molecule has 0 amide bonds. The number of hydrogen-bond acceptors (Lipinski definition) is 4. The van der Waals surface area contributed by atoms with Crippen molar-refractivity contribution in [3.8, 4) is 5.75 Å². The fraction of sp³-hybridized carbons (Fsp3) is 0.333. The molecule has 0 radical (unpaired) electrons. The van der Waals surface area contributed by atoms with Crippen molar-refractivity contribution in [3.05, 3.63) is 53.6 Å². The van der Waals surface area contributed by atoms with Crippen LogP contribution in [0.5, 0.6) is 5.75 Å². The summed E-state index contributed by atoms with van der Waals surface area (Å²) in [5.41, 5.74) is 3.11. The topological polar surface area (TPSA) is 47.0 Å². The minimum Gasteiger partial charge on any atom is -0.497 e. The Morgan fingerprint density at radius 2 is 2.21 bits per heavy atom. The summed E-state index contributed by atoms with van der Waals surface area (Å²) in [4.78, 5) is 8.62. The molecular formula is C15H19N3O. The molecule has 100 valence electrons. The third-order valence-electron chi connectivity index (χ3n) is 2.99. The molecule has 0 bridgehead atoms. The first kappa shape index (κ1) is 13.5. The van der Waals surface area contributed by atoms with Crippen LogP contribution >= 0.6 is 0 Å². The maximum atomic E-state index is 5.25. The van der Waals surface area contributed by atoms with Crippen LogP contribution in [0.3, 0.4) is 0 Å². The SMILES string of the molecule is COc1cc(C)nc(CN[C@@H](C)c2cccnc2)c1. The van der Waals surface area contributed by atoms with Gasteiger partial charge in [-0.2, -0.15) is 0 Å². The molecule has 0 saturated carbocycles. The van der Waals surface area contributed by atoms with Crippen molar-refractivity contribution in [1.29, 1.82) is 0 Å². The lowest BCUT2D eigenvalue weighted by Crippen LogP contribution is -2.19. The number of nitrogens with one attached hydrogen (secondary N) is 1. The van der Waals surface area contributed by atoms with E-state index in [0.29, 0.717) is 6.54 Å². The first-order valence-electron chi connectivity index (χ1n) is 6.34. The molecular weight excluding hydrogens is 238 g/mol. The highest BCUT2D eigenvalue weighted by Gasteiger charge is 2.06. The molecule has 0 aromatic carbocycles. The molecule has 1 N–H and O–H groups in total. The molecule has 4 nitrogen and oxygen atoms in total. The van der Waals surface area contributed by atoms with Crippen LogP contribution in [0.25, 0.3) is 0 Å². The van der Waals surface area contributed by atoms with E-state index in [1.54, 1.807) is 13.3 Å². The van der Waals surface area contributed by atoms with Gasteiger partial charge in [-0.05, 0) is 25.5 Å². The van der Waals surface area contributed by atoms with E-state index in [9.17, 15) is 0 Å². The molecule has 0 aliphatic heterocycles. The third-order valence-corrected chi connectivity index (χ3v) is 2.99. The number of aromatic nitrogens is 2. The summed E-state index contributed by atoms with van der Waals surface area (Å²) in [6.07, 6.45) is 3.66. The quantitative estimate of drug-likeness (QED) is 0.894. The van der Waals surface area contributed by atoms with Gasteiger partial charge in [0.25, 0.3) is 0 Å². The van der Waals surface area contributed by atoms with E-state index >= 15 is 0 Å². The second-order valence-electron chi connectivity index (χ2n) is 4.53. The summed E-state index contributed by atoms with van der Waals surface area (Å²) in [6.45, 7) is 4.79. The van der Waals surface area contributed by atoms with Crippen molar-refractivity contribution in [1.82, 2.24) is 15.3 Å². The Bertz CT molecular complexity index is 528. The van der Waals surface area contributed by atoms with Crippen LogP contribution in [-0.2, 0) is 6.54 Å². The summed E-state index contributed by atoms with van der Waals surface area (Å²) in [5.74, 6) is 0.846. The zero-order chi connectivity index (χ0) is 13.7. The predicted octanol–water partition coefficient (Wildman–Crippen LogP) is 2.64. The Hall–Kier alpha value is -1.94. The molecule has 2 aromatic heterocycles. The molecule has 0 saturated heterocycles. The van der Waals surface area contributed by atoms with Crippen molar-refractivity contribution in [2.45, 2.75) is 26.4 Å². The van der Waals surface area contributed by atoms with Gasteiger partial charge in [0.15, 0.2) is 0 Å². The molecule has 0 unspecified atom stereocenters. The van der Waals surface area contributed by atoms with Gasteiger partial charge in [-0.1, -0.05) is 6.07 Å². The van der Waals surface area contributed by atoms with Crippen molar-refractivity contribution in [2.24, 2.45) is 0 Å². The Balaban J connectivity index is 2.01. The van der Waals surface area contributed by atoms with E-state index < -0.39 is 0 Å². The first-order chi connectivity index (χ1) is 9.19. The van der Waals surface area contributed by atoms with Gasteiger partial charge in [-0.15, -0.1) is 0 Å². The fourth-order valence-corrected chi connectivity index (χ4v) is 1.92. The van der Waals surface area contributed by atoms with E-state index in [4.69, 9.17) is 4.74 Å². The van der Waals surface area contributed by atoms with Crippen LogP contribution in [0.2, 0.25) is 0 Å². The number of nitrogens with zero attached hydrogens (tertiary/aromatic N) is 2. The van der Waals surface area contributed by atoms with E-state index in [2.05, 4.69) is 28.3 Å². The fourth-order valence-electron chi connectivity index (χ4n) is 1.92. The summed E-state index contributed by atoms with van der Waals surface area (Å²) < 4.78 is 5.25. The molecule has 19 heavy (non-hydrogen) atoms. The van der Waals surface area contributed by atoms with Gasteiger partial charge in [0, 0.05) is 42.8 Å². The molecule has 4 heteroatoms. The van der Waals surface area contributed by atoms with E-state index in [-0.39, 0.29) is 6.04 Å². The predicted molar refractivity (Wildman–Crippen MR) is 75.0 cm³/mol. The molecule has 0 aliphatic rings. The standard InChI is InChI=1S/C15H19N3O/c1-11-7-15(19-3)8-14(18-11)10-17-12(2)13-5-4-6-16-9-13/h4-9,12,17H,10H2,1-3H3/t12-/m0/s1. The van der Waals surface area contributed by atoms with Gasteiger partial charge in [0.1, 0.15) is 5.75 Å². The highest BCUT2D eigenvalue weighted by atomic mass is 16.5. The highest BCUT2D eigenvalue weighted by Crippen LogP contribution is 2.15. The van der Waals surface area contributed by atoms with Crippen molar-refractivity contribution >= 4 is 0 Å². The van der Waals surface area contributed by atoms with Gasteiger partial charge in [0.05, 0.1) is 12.8 Å². The molecule has 2 heterocycles. The van der Waals surface area contributed by atoms with Crippen LogP contribution in [0, 0.1) is 6.92 Å². The number of rotatable bonds is 5. The van der Waals surface area contributed by atoms with Crippen LogP contribution in [0.4, 0.5) is 0 Å². The minimum atomic E-state index is 0.238. The summed E-state index contributed by atoms with van der Waals surface area (Å²) >= 11 is 0. The van der Waals surface area contributed by atoms with Gasteiger partial charge in [-0.25, -0.2) is 0 Å². The molecule has 2 aromatic rings. The average molecular weight is 257 g/mol. The van der Waals surface area contributed by atoms with Gasteiger partial charge < -0.3 is 10.1 Å². The number of ether oxygens (including phenoxy) is 1. The number of aryl methyl sites for hydroxylation is 1. The smallest absolute Gasteiger partial charge is 0.122 e. The van der Waals surface area contributed by atoms with E-state index in [0.717, 1.165) is 17.1 Å². The van der Waals surface area contributed by atoms with E-state index in [1.807, 2.05) is 31.3 Å². The Kier molecular flexibility index (Phi) is 4.47. The number of pyridine rings is 2. The van der Waals surface area contributed by atoms with Crippen molar-refractivity contribution in [2.75, 3.05) is 7.11 Å². The maximum Gasteiger partial charge on any atom is 0.122 e. The second-order valence-corrected chi connectivity index (χ2v) is 4.53. The van der Waals surface area contributed by atoms with Crippen LogP contribution < -0.4 is 10.1 Å². The lowest BCUT2D eigenvalue weighted by Gasteiger charge is -2.14. The second kappa shape index (κ2) is 6.29. The molecule has 2 rings (SSSR count). The zero-order valence-electron chi connectivity index (χ0n) is 11.6. The van der Waals surface area contributed by atoms with Gasteiger partial charge in [-0.3, -0.25) is 9.97 Å². The summed E-state index contributed by atoms with van der Waals surface area (Å²) in [5, 5.41) is 3.44. The van der Waals surface area contributed by atoms with Crippen molar-refractivity contribution in [3.63, 3.8) is 0 Å². The zero-order valence-corrected chi connectivity index (χ0v) is 11.6. The van der Waals surface area contributed by atoms with Crippen LogP contribution in [-0.4, -0.2) is 17.1 Å². The highest BCUT2D eigenvalue weighted by molar-refractivity contribution is 5.26. The van der Waals surface area contributed by atoms with Crippen LogP contribution in [0.1, 0.15) is 29.9 Å². The van der Waals surface area contributed by atoms with Gasteiger partial charge >= 0.3 is 0 Å². The van der Waals surface area contributed by atoms with Gasteiger partial charge in [0.2, 0.25) is 0 Å². The largest absolute Gasteiger partial charge is 0.497 e. The lowest BCUT2D eigenvalue weighted by molar-refractivity contribution is 0.412. The average Bonchev–Trinajstić information content (AvgIpc) is 2.45. The first-order valence-corrected chi connectivity index (χ1v) is 6.34. The third kappa shape index (κ3) is 3.76. The van der Waals surface area contributed by atoms with E-state index in [1.165, 1.54) is 5.56 Å². The van der Waals surface area contributed by atoms with Crippen LogP contribution in [0.15, 0.2) is 36.7 Å². The molecule has 0 fully saturated rings. The molecule has 0 aliphatic carbocycles. The summed E-state index contributed by atoms with van der Waals surface area (Å²) in [7, 11) is 1.67. The Morgan fingerprint density at radius 3 is 2.89 bits per heavy atom. The Labute approximate surface area is 113 Å².